The monoisotopic (exact) mass is 618 g/mol. The van der Waals surface area contributed by atoms with E-state index in [0.29, 0.717) is 0 Å². The van der Waals surface area contributed by atoms with Crippen LogP contribution in [0.1, 0.15) is 28.8 Å². The SMILES string of the molecule is C1=CC2=C(N3c4ccccc4C4C=CC(c5ccc6c(c5)c5ccccc5n6-c5ccccc5)=CC43)NC(c3ccccc3)NC2C=C1. The zero-order valence-electron chi connectivity index (χ0n) is 26.4. The molecule has 0 spiro atoms. The molecule has 48 heavy (non-hydrogen) atoms. The van der Waals surface area contributed by atoms with E-state index in [-0.39, 0.29) is 24.2 Å². The van der Waals surface area contributed by atoms with Crippen LogP contribution in [-0.2, 0) is 0 Å². The highest BCUT2D eigenvalue weighted by molar-refractivity contribution is 6.10. The number of benzene rings is 5. The minimum atomic E-state index is -0.00997. The van der Waals surface area contributed by atoms with Crippen molar-refractivity contribution in [1.82, 2.24) is 15.2 Å². The summed E-state index contributed by atoms with van der Waals surface area (Å²) in [6.07, 6.45) is 16.1. The van der Waals surface area contributed by atoms with Crippen molar-refractivity contribution < 1.29 is 0 Å². The largest absolute Gasteiger partial charge is 0.352 e. The quantitative estimate of drug-likeness (QED) is 0.207. The molecule has 0 fully saturated rings. The number of hydrogen-bond acceptors (Lipinski definition) is 3. The molecule has 5 aromatic carbocycles. The lowest BCUT2D eigenvalue weighted by atomic mass is 9.86. The second kappa shape index (κ2) is 10.9. The predicted octanol–water partition coefficient (Wildman–Crippen LogP) is 9.31. The number of aromatic nitrogens is 1. The van der Waals surface area contributed by atoms with Gasteiger partial charge in [0.05, 0.1) is 23.1 Å². The summed E-state index contributed by atoms with van der Waals surface area (Å²) < 4.78 is 2.38. The van der Waals surface area contributed by atoms with Gasteiger partial charge in [-0.3, -0.25) is 5.32 Å². The van der Waals surface area contributed by atoms with E-state index in [0.717, 1.165) is 0 Å². The van der Waals surface area contributed by atoms with Gasteiger partial charge in [-0.05, 0) is 58.7 Å². The van der Waals surface area contributed by atoms with Gasteiger partial charge in [0, 0.05) is 33.6 Å². The summed E-state index contributed by atoms with van der Waals surface area (Å²) in [4.78, 5) is 2.56. The van der Waals surface area contributed by atoms with Crippen LogP contribution in [0.25, 0.3) is 33.1 Å². The molecule has 4 aliphatic rings. The van der Waals surface area contributed by atoms with Crippen LogP contribution in [0.15, 0.2) is 181 Å². The fourth-order valence-electron chi connectivity index (χ4n) is 8.19. The first kappa shape index (κ1) is 27.3. The molecule has 3 heterocycles. The van der Waals surface area contributed by atoms with Crippen LogP contribution in [0.5, 0.6) is 0 Å². The molecule has 2 aliphatic carbocycles. The maximum atomic E-state index is 3.96. The third-order valence-corrected chi connectivity index (χ3v) is 10.4. The van der Waals surface area contributed by atoms with E-state index in [9.17, 15) is 0 Å². The summed E-state index contributed by atoms with van der Waals surface area (Å²) in [7, 11) is 0. The van der Waals surface area contributed by atoms with Crippen LogP contribution < -0.4 is 15.5 Å². The number of hydrogen-bond donors (Lipinski definition) is 2. The summed E-state index contributed by atoms with van der Waals surface area (Å²) in [5.41, 5.74) is 11.2. The van der Waals surface area contributed by atoms with Gasteiger partial charge in [0.2, 0.25) is 0 Å². The van der Waals surface area contributed by atoms with E-state index in [1.165, 1.54) is 66.8 Å². The normalized spacial score (nSPS) is 22.4. The molecule has 0 bridgehead atoms. The van der Waals surface area contributed by atoms with Crippen molar-refractivity contribution in [2.75, 3.05) is 4.90 Å². The van der Waals surface area contributed by atoms with Crippen LogP contribution in [0, 0.1) is 0 Å². The average Bonchev–Trinajstić information content (AvgIpc) is 3.67. The second-order valence-corrected chi connectivity index (χ2v) is 13.0. The topological polar surface area (TPSA) is 32.2 Å². The van der Waals surface area contributed by atoms with Crippen molar-refractivity contribution in [3.05, 3.63) is 198 Å². The molecule has 0 saturated heterocycles. The van der Waals surface area contributed by atoms with Crippen LogP contribution in [-0.4, -0.2) is 16.7 Å². The molecule has 4 unspecified atom stereocenters. The van der Waals surface area contributed by atoms with Gasteiger partial charge < -0.3 is 14.8 Å². The van der Waals surface area contributed by atoms with Crippen LogP contribution in [0.3, 0.4) is 0 Å². The molecule has 10 rings (SSSR count). The number of para-hydroxylation sites is 3. The Hall–Kier alpha value is -5.84. The average molecular weight is 619 g/mol. The molecule has 4 heteroatoms. The maximum absolute atomic E-state index is 3.96. The Bertz CT molecular complexity index is 2370. The standard InChI is InChI=1S/C44H34N4/c1-3-13-29(14-4-1)43-45-38-20-10-7-19-36(38)44(46-43)48-40-22-12-8-17-33(40)35-25-23-31(28-42(35)48)30-24-26-41-37(27-30)34-18-9-11-21-39(34)47(41)32-15-5-2-6-16-32/h1-28,35,38,42-43,45-46H. The molecule has 2 aliphatic heterocycles. The number of rotatable bonds is 4. The molecule has 4 atom stereocenters. The van der Waals surface area contributed by atoms with Gasteiger partial charge >= 0.3 is 0 Å². The summed E-state index contributed by atoms with van der Waals surface area (Å²) in [5, 5.41) is 10.3. The Kier molecular flexibility index (Phi) is 6.18. The number of nitrogens with one attached hydrogen (secondary N) is 2. The summed E-state index contributed by atoms with van der Waals surface area (Å²) in [6, 6.07) is 46.3. The van der Waals surface area contributed by atoms with Crippen molar-refractivity contribution in [1.29, 1.82) is 0 Å². The van der Waals surface area contributed by atoms with Crippen LogP contribution in [0.4, 0.5) is 5.69 Å². The van der Waals surface area contributed by atoms with Gasteiger partial charge in [-0.2, -0.15) is 0 Å². The van der Waals surface area contributed by atoms with Gasteiger partial charge in [-0.25, -0.2) is 0 Å². The van der Waals surface area contributed by atoms with Crippen LogP contribution >= 0.6 is 0 Å². The van der Waals surface area contributed by atoms with Gasteiger partial charge in [-0.15, -0.1) is 0 Å². The molecular formula is C44H34N4. The van der Waals surface area contributed by atoms with E-state index in [1.54, 1.807) is 0 Å². The Morgan fingerprint density at radius 1 is 0.625 bits per heavy atom. The lowest BCUT2D eigenvalue weighted by Crippen LogP contribution is -2.52. The zero-order chi connectivity index (χ0) is 31.6. The van der Waals surface area contributed by atoms with Crippen molar-refractivity contribution in [3.63, 3.8) is 0 Å². The van der Waals surface area contributed by atoms with E-state index in [1.807, 2.05) is 0 Å². The van der Waals surface area contributed by atoms with E-state index in [2.05, 4.69) is 190 Å². The predicted molar refractivity (Wildman–Crippen MR) is 198 cm³/mol. The number of anilines is 1. The molecular weight excluding hydrogens is 585 g/mol. The molecule has 4 nitrogen and oxygen atoms in total. The summed E-state index contributed by atoms with van der Waals surface area (Å²) >= 11 is 0. The van der Waals surface area contributed by atoms with Crippen LogP contribution in [0.2, 0.25) is 0 Å². The van der Waals surface area contributed by atoms with Gasteiger partial charge in [0.1, 0.15) is 12.0 Å². The number of nitrogens with zero attached hydrogens (tertiary/aromatic N) is 2. The zero-order valence-corrected chi connectivity index (χ0v) is 26.4. The Labute approximate surface area is 280 Å². The number of allylic oxidation sites excluding steroid dienone is 4. The Balaban J connectivity index is 1.11. The summed E-state index contributed by atoms with van der Waals surface area (Å²) in [5.74, 6) is 1.43. The third kappa shape index (κ3) is 4.20. The number of fused-ring (bicyclic) bond motifs is 7. The molecule has 0 amide bonds. The fraction of sp³-hybridized carbons (Fsp3) is 0.0909. The highest BCUT2D eigenvalue weighted by Gasteiger charge is 2.42. The fourth-order valence-corrected chi connectivity index (χ4v) is 8.19. The lowest BCUT2D eigenvalue weighted by Gasteiger charge is -2.41. The van der Waals surface area contributed by atoms with Gasteiger partial charge in [0.25, 0.3) is 0 Å². The third-order valence-electron chi connectivity index (χ3n) is 10.4. The summed E-state index contributed by atoms with van der Waals surface area (Å²) in [6.45, 7) is 0. The van der Waals surface area contributed by atoms with Gasteiger partial charge in [-0.1, -0.05) is 134 Å². The van der Waals surface area contributed by atoms with Crippen molar-refractivity contribution >= 4 is 33.1 Å². The van der Waals surface area contributed by atoms with E-state index in [4.69, 9.17) is 0 Å². The first-order valence-electron chi connectivity index (χ1n) is 16.9. The molecule has 6 aromatic rings. The van der Waals surface area contributed by atoms with Crippen molar-refractivity contribution in [2.45, 2.75) is 24.2 Å². The highest BCUT2D eigenvalue weighted by atomic mass is 15.3. The first-order chi connectivity index (χ1) is 23.8. The maximum Gasteiger partial charge on any atom is 0.113 e. The Morgan fingerprint density at radius 3 is 2.29 bits per heavy atom. The molecule has 230 valence electrons. The molecule has 0 radical (unpaired) electrons. The van der Waals surface area contributed by atoms with Crippen molar-refractivity contribution in [3.8, 4) is 5.69 Å². The molecule has 2 N–H and O–H groups in total. The van der Waals surface area contributed by atoms with Crippen molar-refractivity contribution in [2.24, 2.45) is 0 Å². The minimum absolute atomic E-state index is 0.00997. The lowest BCUT2D eigenvalue weighted by molar-refractivity contribution is 0.419. The van der Waals surface area contributed by atoms with E-state index < -0.39 is 0 Å². The van der Waals surface area contributed by atoms with E-state index >= 15 is 0 Å². The minimum Gasteiger partial charge on any atom is -0.352 e. The second-order valence-electron chi connectivity index (χ2n) is 13.0. The van der Waals surface area contributed by atoms with Gasteiger partial charge in [0.15, 0.2) is 0 Å². The Morgan fingerprint density at radius 2 is 1.40 bits per heavy atom. The smallest absolute Gasteiger partial charge is 0.113 e. The molecule has 0 saturated carbocycles. The highest BCUT2D eigenvalue weighted by Crippen LogP contribution is 2.48. The first-order valence-corrected chi connectivity index (χ1v) is 16.9. The molecule has 1 aromatic heterocycles.